The molecule has 1 aliphatic carbocycles. The van der Waals surface area contributed by atoms with E-state index in [2.05, 4.69) is 27.8 Å². The van der Waals surface area contributed by atoms with E-state index in [4.69, 9.17) is 0 Å². The molecule has 3 rings (SSSR count). The zero-order valence-corrected chi connectivity index (χ0v) is 16.7. The molecule has 0 radical (unpaired) electrons. The van der Waals surface area contributed by atoms with E-state index in [-0.39, 0.29) is 18.1 Å². The van der Waals surface area contributed by atoms with Crippen LogP contribution in [-0.2, 0) is 9.59 Å². The predicted octanol–water partition coefficient (Wildman–Crippen LogP) is 5.75. The van der Waals surface area contributed by atoms with Crippen molar-refractivity contribution in [3.8, 4) is 0 Å². The van der Waals surface area contributed by atoms with Gasteiger partial charge in [0.2, 0.25) is 5.91 Å². The van der Waals surface area contributed by atoms with Gasteiger partial charge in [-0.1, -0.05) is 71.0 Å². The maximum absolute atomic E-state index is 13.4. The molecule has 1 saturated carbocycles. The highest BCUT2D eigenvalue weighted by Crippen LogP contribution is 2.43. The van der Waals surface area contributed by atoms with Gasteiger partial charge in [0.05, 0.1) is 0 Å². The molecule has 3 nitrogen and oxygen atoms in total. The second-order valence-corrected chi connectivity index (χ2v) is 7.98. The molecule has 27 heavy (non-hydrogen) atoms. The monoisotopic (exact) mass is 423 g/mol. The number of para-hydroxylation sites is 1. The van der Waals surface area contributed by atoms with Crippen LogP contribution in [0, 0.1) is 5.41 Å². The quantitative estimate of drug-likeness (QED) is 0.491. The van der Waals surface area contributed by atoms with Crippen LogP contribution in [0.3, 0.4) is 0 Å². The number of halogens is 1. The summed E-state index contributed by atoms with van der Waals surface area (Å²) in [7, 11) is 0. The van der Waals surface area contributed by atoms with Gasteiger partial charge >= 0.3 is 0 Å². The summed E-state index contributed by atoms with van der Waals surface area (Å²) in [6.45, 7) is 3.89. The molecule has 0 spiro atoms. The Morgan fingerprint density at radius 1 is 1.11 bits per heavy atom. The number of benzene rings is 2. The fraction of sp³-hybridized carbons (Fsp3) is 0.217. The molecule has 0 bridgehead atoms. The lowest BCUT2D eigenvalue weighted by Gasteiger charge is -2.35. The highest BCUT2D eigenvalue weighted by Gasteiger charge is 2.48. The Balaban J connectivity index is 1.94. The number of amides is 1. The van der Waals surface area contributed by atoms with Crippen molar-refractivity contribution in [2.45, 2.75) is 25.7 Å². The first-order valence-corrected chi connectivity index (χ1v) is 9.81. The number of hydrogen-bond acceptors (Lipinski definition) is 2. The summed E-state index contributed by atoms with van der Waals surface area (Å²) in [5.74, 6) is -0.371. The number of Topliss-reactive ketones (excluding diaryl/α,β-unsaturated/α-hetero) is 1. The first-order chi connectivity index (χ1) is 13.0. The van der Waals surface area contributed by atoms with Gasteiger partial charge < -0.3 is 5.32 Å². The second kappa shape index (κ2) is 8.49. The topological polar surface area (TPSA) is 46.2 Å². The second-order valence-electron chi connectivity index (χ2n) is 6.86. The van der Waals surface area contributed by atoms with E-state index in [1.54, 1.807) is 0 Å². The fourth-order valence-electron chi connectivity index (χ4n) is 3.57. The van der Waals surface area contributed by atoms with Crippen LogP contribution >= 0.6 is 15.9 Å². The van der Waals surface area contributed by atoms with Crippen molar-refractivity contribution in [2.75, 3.05) is 5.32 Å². The highest BCUT2D eigenvalue weighted by molar-refractivity contribution is 9.11. The molecule has 4 heteroatoms. The van der Waals surface area contributed by atoms with Gasteiger partial charge in [0.1, 0.15) is 5.41 Å². The number of anilines is 1. The maximum Gasteiger partial charge on any atom is 0.238 e. The molecule has 1 amide bonds. The molecule has 1 N–H and O–H groups in total. The van der Waals surface area contributed by atoms with Crippen LogP contribution in [0.2, 0.25) is 0 Å². The van der Waals surface area contributed by atoms with E-state index in [0.29, 0.717) is 28.6 Å². The minimum atomic E-state index is -1.13. The molecule has 0 aromatic heterocycles. The molecule has 2 aromatic carbocycles. The van der Waals surface area contributed by atoms with Crippen LogP contribution < -0.4 is 5.32 Å². The van der Waals surface area contributed by atoms with Crippen molar-refractivity contribution in [2.24, 2.45) is 5.41 Å². The number of nitrogens with one attached hydrogen (secondary N) is 1. The van der Waals surface area contributed by atoms with Gasteiger partial charge in [-0.15, -0.1) is 0 Å². The minimum Gasteiger partial charge on any atom is -0.325 e. The largest absolute Gasteiger partial charge is 0.325 e. The predicted molar refractivity (Wildman–Crippen MR) is 113 cm³/mol. The van der Waals surface area contributed by atoms with Gasteiger partial charge in [0.25, 0.3) is 0 Å². The van der Waals surface area contributed by atoms with Gasteiger partial charge in [0.15, 0.2) is 5.78 Å². The molecule has 1 fully saturated rings. The molecular weight excluding hydrogens is 402 g/mol. The zero-order chi connectivity index (χ0) is 19.3. The fourth-order valence-corrected chi connectivity index (χ4v) is 4.05. The lowest BCUT2D eigenvalue weighted by atomic mass is 9.68. The van der Waals surface area contributed by atoms with Crippen molar-refractivity contribution in [1.29, 1.82) is 0 Å². The van der Waals surface area contributed by atoms with Crippen molar-refractivity contribution in [3.05, 3.63) is 82.9 Å². The Morgan fingerprint density at radius 3 is 2.37 bits per heavy atom. The van der Waals surface area contributed by atoms with Crippen molar-refractivity contribution in [3.63, 3.8) is 0 Å². The molecule has 0 saturated heterocycles. The number of ketones is 1. The van der Waals surface area contributed by atoms with E-state index in [1.807, 2.05) is 66.7 Å². The number of carbonyl (C=O) groups is 2. The van der Waals surface area contributed by atoms with Crippen LogP contribution in [0.1, 0.15) is 31.2 Å². The Hall–Kier alpha value is -2.46. The molecule has 1 unspecified atom stereocenters. The van der Waals surface area contributed by atoms with Crippen LogP contribution in [0.15, 0.2) is 77.3 Å². The van der Waals surface area contributed by atoms with Crippen LogP contribution in [-0.4, -0.2) is 11.7 Å². The van der Waals surface area contributed by atoms with Gasteiger partial charge in [-0.05, 0) is 53.1 Å². The third-order valence-electron chi connectivity index (χ3n) is 4.88. The van der Waals surface area contributed by atoms with E-state index < -0.39 is 5.41 Å². The summed E-state index contributed by atoms with van der Waals surface area (Å²) in [5.41, 5.74) is 1.23. The molecule has 0 aliphatic heterocycles. The molecule has 138 valence electrons. The third kappa shape index (κ3) is 4.45. The van der Waals surface area contributed by atoms with E-state index in [1.165, 1.54) is 0 Å². The summed E-state index contributed by atoms with van der Waals surface area (Å²) in [4.78, 5) is 26.6. The number of rotatable bonds is 5. The summed E-state index contributed by atoms with van der Waals surface area (Å²) < 4.78 is 0.653. The normalized spacial score (nSPS) is 21.1. The Labute approximate surface area is 168 Å². The smallest absolute Gasteiger partial charge is 0.238 e. The summed E-state index contributed by atoms with van der Waals surface area (Å²) in [6.07, 6.45) is 4.18. The molecule has 0 heterocycles. The van der Waals surface area contributed by atoms with Gasteiger partial charge in [0, 0.05) is 12.1 Å². The third-order valence-corrected chi connectivity index (χ3v) is 5.16. The van der Waals surface area contributed by atoms with Crippen LogP contribution in [0.5, 0.6) is 0 Å². The van der Waals surface area contributed by atoms with Crippen molar-refractivity contribution < 1.29 is 9.59 Å². The van der Waals surface area contributed by atoms with E-state index in [9.17, 15) is 9.59 Å². The molecule has 2 aromatic rings. The molecular formula is C23H22BrNO2. The van der Waals surface area contributed by atoms with Crippen molar-refractivity contribution >= 4 is 39.4 Å². The highest BCUT2D eigenvalue weighted by atomic mass is 79.9. The lowest BCUT2D eigenvalue weighted by Crippen LogP contribution is -2.46. The first-order valence-electron chi connectivity index (χ1n) is 9.01. The summed E-state index contributed by atoms with van der Waals surface area (Å²) >= 11 is 3.37. The van der Waals surface area contributed by atoms with Gasteiger partial charge in [-0.25, -0.2) is 0 Å². The summed E-state index contributed by atoms with van der Waals surface area (Å²) in [6, 6.07) is 19.0. The van der Waals surface area contributed by atoms with E-state index >= 15 is 0 Å². The van der Waals surface area contributed by atoms with Gasteiger partial charge in [-0.2, -0.15) is 0 Å². The first kappa shape index (κ1) is 19.3. The number of carbonyl (C=O) groups excluding carboxylic acids is 2. The lowest BCUT2D eigenvalue weighted by molar-refractivity contribution is -0.138. The maximum atomic E-state index is 13.4. The average molecular weight is 424 g/mol. The Bertz CT molecular complexity index is 874. The number of hydrogen-bond donors (Lipinski definition) is 1. The Kier molecular flexibility index (Phi) is 6.07. The zero-order valence-electron chi connectivity index (χ0n) is 15.1. The van der Waals surface area contributed by atoms with E-state index in [0.717, 1.165) is 12.0 Å². The molecule has 1 aliphatic rings. The standard InChI is InChI=1S/C23H22BrNO2/c1-17(24)16-23(22(27)25-20-12-6-3-7-13-20)14-8-11-19(21(23)26)15-18-9-4-2-5-10-18/h2-7,9-10,12-13,15H,1,8,11,14,16H2,(H,25,27)/b19-15+. The van der Waals surface area contributed by atoms with Gasteiger partial charge in [-0.3, -0.25) is 9.59 Å². The molecule has 1 atom stereocenters. The summed E-state index contributed by atoms with van der Waals surface area (Å²) in [5, 5.41) is 2.92. The Morgan fingerprint density at radius 2 is 1.74 bits per heavy atom. The van der Waals surface area contributed by atoms with Crippen molar-refractivity contribution in [1.82, 2.24) is 0 Å². The van der Waals surface area contributed by atoms with Crippen LogP contribution in [0.4, 0.5) is 5.69 Å². The number of allylic oxidation sites excluding steroid dienone is 2. The SMILES string of the molecule is C=C(Br)CC1(C(=O)Nc2ccccc2)CCC/C(=C\c2ccccc2)C1=O. The van der Waals surface area contributed by atoms with Crippen LogP contribution in [0.25, 0.3) is 6.08 Å². The average Bonchev–Trinajstić information content (AvgIpc) is 2.66. The minimum absolute atomic E-state index is 0.105.